The molecule has 0 amide bonds. The highest BCUT2D eigenvalue weighted by Gasteiger charge is 2.18. The molecule has 0 spiro atoms. The Hall–Kier alpha value is -7.74. The molecule has 0 unspecified atom stereocenters. The van der Waals surface area contributed by atoms with Crippen LogP contribution in [-0.2, 0) is 0 Å². The molecule has 276 valence electrons. The van der Waals surface area contributed by atoms with Gasteiger partial charge in [-0.3, -0.25) is 0 Å². The Bertz CT molecular complexity index is 3310. The van der Waals surface area contributed by atoms with Crippen molar-refractivity contribution < 1.29 is 0 Å². The Kier molecular flexibility index (Phi) is 8.56. The number of hydrogen-bond acceptors (Lipinski definition) is 1. The van der Waals surface area contributed by atoms with Gasteiger partial charge in [-0.2, -0.15) is 0 Å². The Morgan fingerprint density at radius 3 is 1.25 bits per heavy atom. The summed E-state index contributed by atoms with van der Waals surface area (Å²) in [7, 11) is 0. The van der Waals surface area contributed by atoms with Gasteiger partial charge in [-0.1, -0.05) is 188 Å². The van der Waals surface area contributed by atoms with Gasteiger partial charge in [0.1, 0.15) is 0 Å². The highest BCUT2D eigenvalue weighted by molar-refractivity contribution is 6.15. The van der Waals surface area contributed by atoms with Crippen LogP contribution in [0.3, 0.4) is 0 Å². The molecule has 59 heavy (non-hydrogen) atoms. The zero-order chi connectivity index (χ0) is 39.1. The number of benzene rings is 11. The molecule has 0 N–H and O–H groups in total. The molecule has 0 heterocycles. The van der Waals surface area contributed by atoms with E-state index in [1.54, 1.807) is 0 Å². The lowest BCUT2D eigenvalue weighted by Crippen LogP contribution is -2.11. The first-order valence-electron chi connectivity index (χ1n) is 20.3. The fourth-order valence-electron chi connectivity index (χ4n) is 9.00. The van der Waals surface area contributed by atoms with Crippen molar-refractivity contribution in [2.24, 2.45) is 0 Å². The highest BCUT2D eigenvalue weighted by atomic mass is 15.1. The van der Waals surface area contributed by atoms with Crippen molar-refractivity contribution in [2.75, 3.05) is 4.90 Å². The minimum absolute atomic E-state index is 1.10. The summed E-state index contributed by atoms with van der Waals surface area (Å²) in [6, 6.07) is 86.2. The third-order valence-electron chi connectivity index (χ3n) is 11.8. The van der Waals surface area contributed by atoms with Crippen LogP contribution in [0.15, 0.2) is 237 Å². The fourth-order valence-corrected chi connectivity index (χ4v) is 9.00. The van der Waals surface area contributed by atoms with Gasteiger partial charge in [-0.05, 0) is 131 Å². The average Bonchev–Trinajstić information content (AvgIpc) is 3.32. The summed E-state index contributed by atoms with van der Waals surface area (Å²) >= 11 is 0. The summed E-state index contributed by atoms with van der Waals surface area (Å²) in [6.45, 7) is 0. The van der Waals surface area contributed by atoms with E-state index in [1.807, 2.05) is 0 Å². The van der Waals surface area contributed by atoms with E-state index in [9.17, 15) is 0 Å². The molecule has 0 fully saturated rings. The summed E-state index contributed by atoms with van der Waals surface area (Å²) < 4.78 is 0. The van der Waals surface area contributed by atoms with Crippen molar-refractivity contribution in [1.82, 2.24) is 0 Å². The van der Waals surface area contributed by atoms with Crippen LogP contribution in [0, 0.1) is 0 Å². The van der Waals surface area contributed by atoms with Crippen LogP contribution in [0.1, 0.15) is 0 Å². The number of fused-ring (bicyclic) bond motifs is 6. The maximum absolute atomic E-state index is 2.39. The van der Waals surface area contributed by atoms with E-state index in [2.05, 4.69) is 241 Å². The molecule has 11 aromatic rings. The molecule has 0 radical (unpaired) electrons. The third-order valence-corrected chi connectivity index (χ3v) is 11.8. The average molecular weight is 750 g/mol. The number of hydrogen-bond donors (Lipinski definition) is 0. The molecule has 1 heteroatoms. The SMILES string of the molecule is c1ccc(-c2ccccc2N(c2ccc(-c3cccc(-c4cc5ccccc5c5ccccc45)c3)cc2)c2ccc(-c3cc4ccccc4c4ccccc34)cc2)cc1. The second kappa shape index (κ2) is 14.6. The Morgan fingerprint density at radius 1 is 0.220 bits per heavy atom. The fraction of sp³-hybridized carbons (Fsp3) is 0. The maximum atomic E-state index is 2.39. The Morgan fingerprint density at radius 2 is 0.644 bits per heavy atom. The van der Waals surface area contributed by atoms with Crippen molar-refractivity contribution in [2.45, 2.75) is 0 Å². The Labute approximate surface area is 344 Å². The second-order valence-corrected chi connectivity index (χ2v) is 15.3. The lowest BCUT2D eigenvalue weighted by molar-refractivity contribution is 1.28. The second-order valence-electron chi connectivity index (χ2n) is 15.3. The summed E-state index contributed by atoms with van der Waals surface area (Å²) in [5.74, 6) is 0. The molecule has 1 nitrogen and oxygen atoms in total. The van der Waals surface area contributed by atoms with E-state index in [0.717, 1.165) is 17.1 Å². The van der Waals surface area contributed by atoms with Gasteiger partial charge in [-0.15, -0.1) is 0 Å². The monoisotopic (exact) mass is 749 g/mol. The van der Waals surface area contributed by atoms with Crippen LogP contribution < -0.4 is 4.90 Å². The minimum Gasteiger partial charge on any atom is -0.310 e. The van der Waals surface area contributed by atoms with Gasteiger partial charge in [0, 0.05) is 16.9 Å². The van der Waals surface area contributed by atoms with Crippen LogP contribution >= 0.6 is 0 Å². The van der Waals surface area contributed by atoms with Crippen molar-refractivity contribution in [1.29, 1.82) is 0 Å². The Balaban J connectivity index is 1.01. The largest absolute Gasteiger partial charge is 0.310 e. The van der Waals surface area contributed by atoms with Gasteiger partial charge in [0.2, 0.25) is 0 Å². The lowest BCUT2D eigenvalue weighted by atomic mass is 9.92. The molecule has 0 aromatic heterocycles. The van der Waals surface area contributed by atoms with E-state index in [0.29, 0.717) is 0 Å². The predicted octanol–water partition coefficient (Wildman–Crippen LogP) is 16.4. The predicted molar refractivity (Wildman–Crippen MR) is 253 cm³/mol. The zero-order valence-corrected chi connectivity index (χ0v) is 32.5. The number of nitrogens with zero attached hydrogens (tertiary/aromatic N) is 1. The van der Waals surface area contributed by atoms with Crippen molar-refractivity contribution >= 4 is 60.2 Å². The standard InChI is InChI=1S/C58H39N/c1-2-15-41(16-3-1)51-23-12-13-28-58(51)59(48-35-31-42(32-36-48)56-38-45-17-4-6-21-49(45)52-24-8-10-26-54(52)56)47-33-29-40(30-34-47)43-19-14-20-44(37-43)57-39-46-18-5-7-22-50(46)53-25-9-11-27-55(53)57/h1-39H. The normalized spacial score (nSPS) is 11.4. The molecule has 11 rings (SSSR count). The van der Waals surface area contributed by atoms with Gasteiger partial charge >= 0.3 is 0 Å². The summed E-state index contributed by atoms with van der Waals surface area (Å²) in [5, 5.41) is 10.2. The first kappa shape index (κ1) is 34.5. The first-order chi connectivity index (χ1) is 29.3. The van der Waals surface area contributed by atoms with Crippen molar-refractivity contribution in [3.05, 3.63) is 237 Å². The highest BCUT2D eigenvalue weighted by Crippen LogP contribution is 2.43. The van der Waals surface area contributed by atoms with Gasteiger partial charge in [-0.25, -0.2) is 0 Å². The quantitative estimate of drug-likeness (QED) is 0.147. The topological polar surface area (TPSA) is 3.24 Å². The van der Waals surface area contributed by atoms with E-state index in [-0.39, 0.29) is 0 Å². The van der Waals surface area contributed by atoms with Gasteiger partial charge in [0.05, 0.1) is 5.69 Å². The molecule has 0 atom stereocenters. The van der Waals surface area contributed by atoms with Crippen LogP contribution in [0.5, 0.6) is 0 Å². The van der Waals surface area contributed by atoms with Crippen LogP contribution in [0.4, 0.5) is 17.1 Å². The van der Waals surface area contributed by atoms with Crippen molar-refractivity contribution in [3.63, 3.8) is 0 Å². The summed E-state index contributed by atoms with van der Waals surface area (Å²) in [5.41, 5.74) is 12.9. The first-order valence-corrected chi connectivity index (χ1v) is 20.3. The van der Waals surface area contributed by atoms with Crippen molar-refractivity contribution in [3.8, 4) is 44.5 Å². The minimum atomic E-state index is 1.10. The molecule has 11 aromatic carbocycles. The maximum Gasteiger partial charge on any atom is 0.0540 e. The van der Waals surface area contributed by atoms with E-state index < -0.39 is 0 Å². The molecule has 0 aliphatic rings. The van der Waals surface area contributed by atoms with E-state index in [4.69, 9.17) is 0 Å². The molecular weight excluding hydrogens is 711 g/mol. The molecular formula is C58H39N. The molecule has 0 bridgehead atoms. The molecule has 0 saturated heterocycles. The van der Waals surface area contributed by atoms with E-state index >= 15 is 0 Å². The van der Waals surface area contributed by atoms with Crippen LogP contribution in [0.2, 0.25) is 0 Å². The molecule has 0 aliphatic heterocycles. The van der Waals surface area contributed by atoms with Gasteiger partial charge in [0.15, 0.2) is 0 Å². The molecule has 0 aliphatic carbocycles. The van der Waals surface area contributed by atoms with Gasteiger partial charge < -0.3 is 4.90 Å². The van der Waals surface area contributed by atoms with Gasteiger partial charge in [0.25, 0.3) is 0 Å². The lowest BCUT2D eigenvalue weighted by Gasteiger charge is -2.28. The number of anilines is 3. The van der Waals surface area contributed by atoms with Crippen LogP contribution in [-0.4, -0.2) is 0 Å². The number of rotatable bonds is 7. The van der Waals surface area contributed by atoms with Crippen LogP contribution in [0.25, 0.3) is 87.6 Å². The smallest absolute Gasteiger partial charge is 0.0540 e. The number of para-hydroxylation sites is 1. The summed E-state index contributed by atoms with van der Waals surface area (Å²) in [4.78, 5) is 2.39. The third kappa shape index (κ3) is 6.21. The molecule has 0 saturated carbocycles. The zero-order valence-electron chi connectivity index (χ0n) is 32.5. The van der Waals surface area contributed by atoms with E-state index in [1.165, 1.54) is 87.6 Å². The summed E-state index contributed by atoms with van der Waals surface area (Å²) in [6.07, 6.45) is 0.